The highest BCUT2D eigenvalue weighted by Gasteiger charge is 2.80. The summed E-state index contributed by atoms with van der Waals surface area (Å²) in [6.07, 6.45) is 3.26. The van der Waals surface area contributed by atoms with Crippen LogP contribution in [0.15, 0.2) is 12.2 Å². The van der Waals surface area contributed by atoms with Gasteiger partial charge in [0.05, 0.1) is 0 Å². The van der Waals surface area contributed by atoms with Gasteiger partial charge in [0.25, 0.3) is 0 Å². The van der Waals surface area contributed by atoms with E-state index in [1.807, 2.05) is 0 Å². The van der Waals surface area contributed by atoms with Crippen molar-refractivity contribution >= 4 is 11.6 Å². The predicted molar refractivity (Wildman–Crippen MR) is 32.4 cm³/mol. The SMILES string of the molecule is OC12C=CC3OC3C1(Cl)O2. The predicted octanol–water partition coefficient (Wildman–Crippen LogP) is -0.0225. The summed E-state index contributed by atoms with van der Waals surface area (Å²) < 4.78 is 10.0. The summed E-state index contributed by atoms with van der Waals surface area (Å²) in [5.41, 5.74) is 0. The zero-order valence-electron chi connectivity index (χ0n) is 4.95. The van der Waals surface area contributed by atoms with E-state index in [0.717, 1.165) is 0 Å². The van der Waals surface area contributed by atoms with Gasteiger partial charge in [-0.1, -0.05) is 17.7 Å². The zero-order chi connectivity index (χ0) is 6.98. The fourth-order valence-electron chi connectivity index (χ4n) is 1.40. The fourth-order valence-corrected chi connectivity index (χ4v) is 1.76. The van der Waals surface area contributed by atoms with Gasteiger partial charge in [0.15, 0.2) is 0 Å². The standard InChI is InChI=1S/C6H5ClO3/c7-6-4-3(9-4)1-2-5(6,8)10-6/h1-4,8H. The molecular weight excluding hydrogens is 156 g/mol. The zero-order valence-corrected chi connectivity index (χ0v) is 5.71. The molecule has 0 aromatic rings. The second-order valence-corrected chi connectivity index (χ2v) is 3.39. The Kier molecular flexibility index (Phi) is 0.644. The molecule has 0 aromatic carbocycles. The van der Waals surface area contributed by atoms with Gasteiger partial charge < -0.3 is 14.6 Å². The molecule has 0 amide bonds. The third kappa shape index (κ3) is 0.395. The van der Waals surface area contributed by atoms with Crippen LogP contribution in [0.4, 0.5) is 0 Å². The molecule has 2 aliphatic heterocycles. The summed E-state index contributed by atoms with van der Waals surface area (Å²) in [4.78, 5) is 0. The number of alkyl halides is 1. The summed E-state index contributed by atoms with van der Waals surface area (Å²) >= 11 is 5.83. The first-order chi connectivity index (χ1) is 4.66. The van der Waals surface area contributed by atoms with Crippen molar-refractivity contribution in [3.8, 4) is 0 Å². The molecule has 4 heteroatoms. The van der Waals surface area contributed by atoms with E-state index in [9.17, 15) is 5.11 Å². The van der Waals surface area contributed by atoms with Gasteiger partial charge in [-0.15, -0.1) is 0 Å². The average Bonchev–Trinajstić information content (AvgIpc) is 2.64. The Hall–Kier alpha value is -0.0900. The highest BCUT2D eigenvalue weighted by atomic mass is 35.5. The number of halogens is 1. The first kappa shape index (κ1) is 5.55. The van der Waals surface area contributed by atoms with Gasteiger partial charge >= 0.3 is 0 Å². The second-order valence-electron chi connectivity index (χ2n) is 2.82. The van der Waals surface area contributed by atoms with Crippen LogP contribution in [-0.2, 0) is 9.47 Å². The van der Waals surface area contributed by atoms with E-state index < -0.39 is 10.8 Å². The van der Waals surface area contributed by atoms with Crippen LogP contribution in [0, 0.1) is 0 Å². The molecule has 0 saturated carbocycles. The molecule has 1 N–H and O–H groups in total. The van der Waals surface area contributed by atoms with Gasteiger partial charge in [0.1, 0.15) is 12.2 Å². The lowest BCUT2D eigenvalue weighted by Gasteiger charge is -2.04. The van der Waals surface area contributed by atoms with Crippen LogP contribution in [0.2, 0.25) is 0 Å². The number of hydrogen-bond donors (Lipinski definition) is 1. The normalized spacial score (nSPS) is 68.6. The van der Waals surface area contributed by atoms with E-state index in [1.54, 1.807) is 12.2 Å². The van der Waals surface area contributed by atoms with Crippen LogP contribution in [0.1, 0.15) is 0 Å². The quantitative estimate of drug-likeness (QED) is 0.308. The van der Waals surface area contributed by atoms with Crippen molar-refractivity contribution in [1.29, 1.82) is 0 Å². The first-order valence-electron chi connectivity index (χ1n) is 3.12. The molecule has 0 spiro atoms. The van der Waals surface area contributed by atoms with Crippen LogP contribution in [0.5, 0.6) is 0 Å². The van der Waals surface area contributed by atoms with Gasteiger partial charge in [-0.2, -0.15) is 0 Å². The van der Waals surface area contributed by atoms with Crippen LogP contribution < -0.4 is 0 Å². The maximum atomic E-state index is 9.38. The Morgan fingerprint density at radius 2 is 2.40 bits per heavy atom. The van der Waals surface area contributed by atoms with E-state index in [1.165, 1.54) is 0 Å². The molecule has 54 valence electrons. The molecule has 10 heavy (non-hydrogen) atoms. The lowest BCUT2D eigenvalue weighted by molar-refractivity contribution is 0.0821. The van der Waals surface area contributed by atoms with Crippen LogP contribution in [0.25, 0.3) is 0 Å². The minimum Gasteiger partial charge on any atom is -0.360 e. The smallest absolute Gasteiger partial charge is 0.235 e. The molecule has 0 radical (unpaired) electrons. The number of fused-ring (bicyclic) bond motifs is 3. The van der Waals surface area contributed by atoms with Crippen LogP contribution in [0.3, 0.4) is 0 Å². The molecule has 3 rings (SSSR count). The molecule has 3 aliphatic rings. The van der Waals surface area contributed by atoms with Crippen molar-refractivity contribution in [1.82, 2.24) is 0 Å². The summed E-state index contributed by atoms with van der Waals surface area (Å²) in [7, 11) is 0. The highest BCUT2D eigenvalue weighted by molar-refractivity contribution is 6.26. The molecule has 1 aliphatic carbocycles. The topological polar surface area (TPSA) is 45.3 Å². The molecule has 4 atom stereocenters. The lowest BCUT2D eigenvalue weighted by atomic mass is 10.1. The Labute approximate surface area is 62.2 Å². The molecule has 2 fully saturated rings. The Balaban J connectivity index is 2.09. The van der Waals surface area contributed by atoms with Gasteiger partial charge in [-0.25, -0.2) is 0 Å². The number of ether oxygens (including phenoxy) is 2. The molecule has 3 nitrogen and oxygen atoms in total. The lowest BCUT2D eigenvalue weighted by Crippen LogP contribution is -2.27. The minimum absolute atomic E-state index is 0.0697. The molecule has 4 unspecified atom stereocenters. The fraction of sp³-hybridized carbons (Fsp3) is 0.667. The number of aliphatic hydroxyl groups is 1. The molecule has 0 bridgehead atoms. The number of epoxide rings is 2. The molecule has 2 saturated heterocycles. The third-order valence-corrected chi connectivity index (χ3v) is 2.72. The van der Waals surface area contributed by atoms with E-state index >= 15 is 0 Å². The summed E-state index contributed by atoms with van der Waals surface area (Å²) in [6.45, 7) is 0. The largest absolute Gasteiger partial charge is 0.360 e. The maximum Gasteiger partial charge on any atom is 0.235 e. The molecule has 0 aromatic heterocycles. The van der Waals surface area contributed by atoms with Crippen molar-refractivity contribution in [2.75, 3.05) is 0 Å². The summed E-state index contributed by atoms with van der Waals surface area (Å²) in [5, 5.41) is 8.42. The van der Waals surface area contributed by atoms with Gasteiger partial charge in [0, 0.05) is 0 Å². The van der Waals surface area contributed by atoms with Gasteiger partial charge in [0.2, 0.25) is 10.8 Å². The van der Waals surface area contributed by atoms with E-state index in [2.05, 4.69) is 0 Å². The summed E-state index contributed by atoms with van der Waals surface area (Å²) in [5.74, 6) is -1.24. The van der Waals surface area contributed by atoms with Crippen molar-refractivity contribution in [3.05, 3.63) is 12.2 Å². The average molecular weight is 161 g/mol. The Morgan fingerprint density at radius 3 is 3.10 bits per heavy atom. The molecule has 2 heterocycles. The highest BCUT2D eigenvalue weighted by Crippen LogP contribution is 2.61. The van der Waals surface area contributed by atoms with E-state index in [0.29, 0.717) is 0 Å². The van der Waals surface area contributed by atoms with E-state index in [4.69, 9.17) is 21.1 Å². The van der Waals surface area contributed by atoms with Crippen LogP contribution >= 0.6 is 11.6 Å². The number of hydrogen-bond acceptors (Lipinski definition) is 3. The van der Waals surface area contributed by atoms with Crippen molar-refractivity contribution in [2.24, 2.45) is 0 Å². The Morgan fingerprint density at radius 1 is 1.60 bits per heavy atom. The maximum absolute atomic E-state index is 9.38. The third-order valence-electron chi connectivity index (χ3n) is 2.15. The van der Waals surface area contributed by atoms with E-state index in [-0.39, 0.29) is 12.2 Å². The summed E-state index contributed by atoms with van der Waals surface area (Å²) in [6, 6.07) is 0. The van der Waals surface area contributed by atoms with Crippen LogP contribution in [-0.4, -0.2) is 28.2 Å². The Bertz CT molecular complexity index is 241. The van der Waals surface area contributed by atoms with Crippen molar-refractivity contribution < 1.29 is 14.6 Å². The van der Waals surface area contributed by atoms with Crippen molar-refractivity contribution in [3.63, 3.8) is 0 Å². The van der Waals surface area contributed by atoms with Crippen molar-refractivity contribution in [2.45, 2.75) is 23.1 Å². The second kappa shape index (κ2) is 1.16. The monoisotopic (exact) mass is 160 g/mol. The van der Waals surface area contributed by atoms with Gasteiger partial charge in [-0.3, -0.25) is 0 Å². The molecular formula is C6H5ClO3. The minimum atomic E-state index is -1.24. The first-order valence-corrected chi connectivity index (χ1v) is 3.50. The number of rotatable bonds is 0. The van der Waals surface area contributed by atoms with Gasteiger partial charge in [-0.05, 0) is 6.08 Å².